The fourth-order valence-electron chi connectivity index (χ4n) is 1.88. The Balaban J connectivity index is 2.22. The van der Waals surface area contributed by atoms with Crippen LogP contribution in [0, 0.1) is 0 Å². The molecular weight excluding hydrogens is 178 g/mol. The van der Waals surface area contributed by atoms with E-state index in [-0.39, 0.29) is 12.1 Å². The number of nitrogens with zero attached hydrogens (tertiary/aromatic N) is 3. The van der Waals surface area contributed by atoms with Crippen LogP contribution in [0.5, 0.6) is 0 Å². The maximum atomic E-state index is 9.32. The Labute approximate surface area is 81.2 Å². The molecule has 0 atom stereocenters. The van der Waals surface area contributed by atoms with Gasteiger partial charge in [-0.15, -0.1) is 0 Å². The van der Waals surface area contributed by atoms with E-state index >= 15 is 0 Å². The summed E-state index contributed by atoms with van der Waals surface area (Å²) in [6.45, 7) is 0.195. The highest BCUT2D eigenvalue weighted by atomic mass is 16.3. The maximum absolute atomic E-state index is 9.32. The Morgan fingerprint density at radius 2 is 2.36 bits per heavy atom. The molecule has 14 heavy (non-hydrogen) atoms. The molecule has 1 aliphatic carbocycles. The van der Waals surface area contributed by atoms with Gasteiger partial charge in [0.15, 0.2) is 0 Å². The van der Waals surface area contributed by atoms with Crippen molar-refractivity contribution in [2.75, 3.05) is 6.61 Å². The lowest BCUT2D eigenvalue weighted by molar-refractivity contribution is 0.216. The Hall–Kier alpha value is -1.42. The minimum Gasteiger partial charge on any atom is -0.394 e. The smallest absolute Gasteiger partial charge is 0.143 e. The van der Waals surface area contributed by atoms with Crippen LogP contribution in [-0.4, -0.2) is 26.2 Å². The van der Waals surface area contributed by atoms with Crippen molar-refractivity contribution in [3.8, 4) is 0 Å². The second kappa shape index (κ2) is 2.54. The summed E-state index contributed by atoms with van der Waals surface area (Å²) in [6, 6.07) is 1.99. The Kier molecular flexibility index (Phi) is 1.44. The molecule has 4 nitrogen and oxygen atoms in total. The molecule has 0 radical (unpaired) electrons. The largest absolute Gasteiger partial charge is 0.394 e. The fraction of sp³-hybridized carbons (Fsp3) is 0.400. The van der Waals surface area contributed by atoms with Gasteiger partial charge in [-0.2, -0.15) is 0 Å². The average Bonchev–Trinajstić information content (AvgIpc) is 2.91. The first-order valence-corrected chi connectivity index (χ1v) is 4.74. The van der Waals surface area contributed by atoms with Crippen molar-refractivity contribution in [1.29, 1.82) is 0 Å². The average molecular weight is 189 g/mol. The second-order valence-corrected chi connectivity index (χ2v) is 3.87. The summed E-state index contributed by atoms with van der Waals surface area (Å²) < 4.78 is 2.07. The molecule has 1 saturated carbocycles. The van der Waals surface area contributed by atoms with Crippen molar-refractivity contribution in [3.05, 3.63) is 24.8 Å². The zero-order valence-electron chi connectivity index (χ0n) is 7.72. The van der Waals surface area contributed by atoms with Gasteiger partial charge < -0.3 is 9.67 Å². The molecular formula is C10H11N3O. The van der Waals surface area contributed by atoms with Gasteiger partial charge in [0.2, 0.25) is 0 Å². The molecule has 72 valence electrons. The van der Waals surface area contributed by atoms with E-state index in [1.165, 1.54) is 0 Å². The van der Waals surface area contributed by atoms with E-state index in [1.54, 1.807) is 12.5 Å². The van der Waals surface area contributed by atoms with Crippen LogP contribution in [0.3, 0.4) is 0 Å². The van der Waals surface area contributed by atoms with Gasteiger partial charge in [-0.25, -0.2) is 9.97 Å². The topological polar surface area (TPSA) is 50.9 Å². The van der Waals surface area contributed by atoms with Crippen molar-refractivity contribution in [2.24, 2.45) is 0 Å². The van der Waals surface area contributed by atoms with Crippen molar-refractivity contribution in [3.63, 3.8) is 0 Å². The van der Waals surface area contributed by atoms with Crippen LogP contribution >= 0.6 is 0 Å². The Bertz CT molecular complexity index is 473. The number of fused-ring (bicyclic) bond motifs is 1. The van der Waals surface area contributed by atoms with Crippen LogP contribution < -0.4 is 0 Å². The molecule has 0 aromatic carbocycles. The number of rotatable bonds is 2. The molecule has 2 aromatic rings. The summed E-state index contributed by atoms with van der Waals surface area (Å²) in [5.41, 5.74) is 0.849. The number of aliphatic hydroxyl groups excluding tert-OH is 1. The monoisotopic (exact) mass is 189 g/mol. The normalized spacial score (nSPS) is 18.6. The molecule has 0 saturated heterocycles. The summed E-state index contributed by atoms with van der Waals surface area (Å²) in [5.74, 6) is 0. The van der Waals surface area contributed by atoms with Crippen molar-refractivity contribution < 1.29 is 5.11 Å². The molecule has 0 bridgehead atoms. The van der Waals surface area contributed by atoms with Crippen LogP contribution in [0.4, 0.5) is 0 Å². The minimum atomic E-state index is -0.0733. The zero-order chi connectivity index (χ0) is 9.60. The quantitative estimate of drug-likeness (QED) is 0.764. The molecule has 1 N–H and O–H groups in total. The van der Waals surface area contributed by atoms with Gasteiger partial charge in [0.1, 0.15) is 12.0 Å². The summed E-state index contributed by atoms with van der Waals surface area (Å²) in [7, 11) is 0. The lowest BCUT2D eigenvalue weighted by Gasteiger charge is -2.14. The minimum absolute atomic E-state index is 0.0733. The van der Waals surface area contributed by atoms with E-state index in [4.69, 9.17) is 0 Å². The summed E-state index contributed by atoms with van der Waals surface area (Å²) in [5, 5.41) is 10.4. The van der Waals surface area contributed by atoms with E-state index in [9.17, 15) is 5.11 Å². The van der Waals surface area contributed by atoms with Gasteiger partial charge in [-0.1, -0.05) is 0 Å². The fourth-order valence-corrected chi connectivity index (χ4v) is 1.88. The SMILES string of the molecule is OCC1(n2ccc3cncnc32)CC1. The summed E-state index contributed by atoms with van der Waals surface area (Å²) >= 11 is 0. The van der Waals surface area contributed by atoms with Gasteiger partial charge in [-0.3, -0.25) is 0 Å². The van der Waals surface area contributed by atoms with E-state index in [2.05, 4.69) is 14.5 Å². The van der Waals surface area contributed by atoms with E-state index in [0.29, 0.717) is 0 Å². The van der Waals surface area contributed by atoms with Crippen LogP contribution in [0.2, 0.25) is 0 Å². The predicted octanol–water partition coefficient (Wildman–Crippen LogP) is 0.913. The summed E-state index contributed by atoms with van der Waals surface area (Å²) in [6.07, 6.45) is 7.41. The van der Waals surface area contributed by atoms with Gasteiger partial charge in [-0.05, 0) is 18.9 Å². The van der Waals surface area contributed by atoms with Gasteiger partial charge in [0.05, 0.1) is 12.1 Å². The first kappa shape index (κ1) is 7.94. The highest BCUT2D eigenvalue weighted by Gasteiger charge is 2.44. The standard InChI is InChI=1S/C10H11N3O/c14-6-10(2-3-10)13-4-1-8-5-11-7-12-9(8)13/h1,4-5,7,14H,2-3,6H2. The summed E-state index contributed by atoms with van der Waals surface area (Å²) in [4.78, 5) is 8.20. The van der Waals surface area contributed by atoms with E-state index in [1.807, 2.05) is 12.3 Å². The first-order valence-electron chi connectivity index (χ1n) is 4.74. The van der Waals surface area contributed by atoms with Crippen molar-refractivity contribution in [1.82, 2.24) is 14.5 Å². The first-order chi connectivity index (χ1) is 6.86. The number of hydrogen-bond acceptors (Lipinski definition) is 3. The number of aliphatic hydroxyl groups is 1. The van der Waals surface area contributed by atoms with E-state index in [0.717, 1.165) is 23.9 Å². The molecule has 3 rings (SSSR count). The molecule has 0 unspecified atom stereocenters. The van der Waals surface area contributed by atoms with Gasteiger partial charge in [0.25, 0.3) is 0 Å². The van der Waals surface area contributed by atoms with Crippen LogP contribution in [-0.2, 0) is 5.54 Å². The molecule has 1 fully saturated rings. The third-order valence-electron chi connectivity index (χ3n) is 2.98. The predicted molar refractivity (Wildman–Crippen MR) is 51.8 cm³/mol. The Morgan fingerprint density at radius 1 is 1.50 bits per heavy atom. The Morgan fingerprint density at radius 3 is 3.07 bits per heavy atom. The maximum Gasteiger partial charge on any atom is 0.143 e. The molecule has 4 heteroatoms. The molecule has 2 heterocycles. The highest BCUT2D eigenvalue weighted by Crippen LogP contribution is 2.44. The highest BCUT2D eigenvalue weighted by molar-refractivity contribution is 5.75. The molecule has 2 aromatic heterocycles. The third-order valence-corrected chi connectivity index (χ3v) is 2.98. The van der Waals surface area contributed by atoms with Crippen molar-refractivity contribution >= 4 is 11.0 Å². The molecule has 1 aliphatic rings. The van der Waals surface area contributed by atoms with E-state index < -0.39 is 0 Å². The van der Waals surface area contributed by atoms with Gasteiger partial charge >= 0.3 is 0 Å². The van der Waals surface area contributed by atoms with Crippen LogP contribution in [0.1, 0.15) is 12.8 Å². The number of hydrogen-bond donors (Lipinski definition) is 1. The molecule has 0 spiro atoms. The molecule has 0 aliphatic heterocycles. The third kappa shape index (κ3) is 0.915. The van der Waals surface area contributed by atoms with Crippen LogP contribution in [0.15, 0.2) is 24.8 Å². The molecule has 0 amide bonds. The van der Waals surface area contributed by atoms with Gasteiger partial charge in [0, 0.05) is 17.8 Å². The number of aromatic nitrogens is 3. The lowest BCUT2D eigenvalue weighted by Crippen LogP contribution is -2.20. The van der Waals surface area contributed by atoms with Crippen LogP contribution in [0.25, 0.3) is 11.0 Å². The second-order valence-electron chi connectivity index (χ2n) is 3.87. The zero-order valence-corrected chi connectivity index (χ0v) is 7.72. The van der Waals surface area contributed by atoms with Crippen molar-refractivity contribution in [2.45, 2.75) is 18.4 Å². The lowest BCUT2D eigenvalue weighted by atomic mass is 10.3.